The van der Waals surface area contributed by atoms with Crippen molar-refractivity contribution in [2.24, 2.45) is 14.1 Å². The monoisotopic (exact) mass is 367 g/mol. The van der Waals surface area contributed by atoms with Crippen LogP contribution >= 0.6 is 0 Å². The first-order chi connectivity index (χ1) is 13.0. The predicted octanol–water partition coefficient (Wildman–Crippen LogP) is 0.0572. The third kappa shape index (κ3) is 2.84. The van der Waals surface area contributed by atoms with E-state index >= 15 is 0 Å². The fourth-order valence-corrected chi connectivity index (χ4v) is 3.41. The number of hydrogen-bond acceptors (Lipinski definition) is 7. The number of aromatic nitrogens is 5. The van der Waals surface area contributed by atoms with Gasteiger partial charge in [-0.1, -0.05) is 0 Å². The van der Waals surface area contributed by atoms with Crippen LogP contribution in [0.3, 0.4) is 0 Å². The summed E-state index contributed by atoms with van der Waals surface area (Å²) in [6.07, 6.45) is 3.45. The van der Waals surface area contributed by atoms with Crippen LogP contribution in [0.5, 0.6) is 0 Å². The van der Waals surface area contributed by atoms with Crippen molar-refractivity contribution in [3.63, 3.8) is 0 Å². The highest BCUT2D eigenvalue weighted by atomic mass is 16.1. The standard InChI is InChI=1S/C18H21N7O2/c1-12-11-13-14(17(27)22(12)2)15(21-23(3)16(13)26)24-7-9-25(10-8-24)18-19-5-4-6-20-18/h4-6,11H,7-10H2,1-3H3. The lowest BCUT2D eigenvalue weighted by atomic mass is 10.1. The molecule has 9 nitrogen and oxygen atoms in total. The second kappa shape index (κ2) is 6.49. The van der Waals surface area contributed by atoms with E-state index in [4.69, 9.17) is 0 Å². The zero-order valence-corrected chi connectivity index (χ0v) is 15.6. The highest BCUT2D eigenvalue weighted by Crippen LogP contribution is 2.21. The fraction of sp³-hybridized carbons (Fsp3) is 0.389. The molecular weight excluding hydrogens is 346 g/mol. The lowest BCUT2D eigenvalue weighted by Gasteiger charge is -2.35. The van der Waals surface area contributed by atoms with Crippen molar-refractivity contribution in [3.8, 4) is 0 Å². The van der Waals surface area contributed by atoms with Gasteiger partial charge in [0.1, 0.15) is 0 Å². The Bertz CT molecular complexity index is 1110. The second-order valence-corrected chi connectivity index (χ2v) is 6.71. The van der Waals surface area contributed by atoms with E-state index in [2.05, 4.69) is 24.9 Å². The number of fused-ring (bicyclic) bond motifs is 1. The molecule has 0 radical (unpaired) electrons. The van der Waals surface area contributed by atoms with Gasteiger partial charge in [-0.15, -0.1) is 0 Å². The first kappa shape index (κ1) is 17.2. The van der Waals surface area contributed by atoms with Gasteiger partial charge in [-0.05, 0) is 19.1 Å². The Kier molecular flexibility index (Phi) is 4.14. The van der Waals surface area contributed by atoms with Gasteiger partial charge in [0.2, 0.25) is 5.95 Å². The minimum atomic E-state index is -0.258. The van der Waals surface area contributed by atoms with Gasteiger partial charge < -0.3 is 14.4 Å². The number of nitrogens with zero attached hydrogens (tertiary/aromatic N) is 7. The van der Waals surface area contributed by atoms with E-state index < -0.39 is 0 Å². The van der Waals surface area contributed by atoms with Crippen molar-refractivity contribution >= 4 is 22.5 Å². The Hall–Kier alpha value is -3.23. The third-order valence-electron chi connectivity index (χ3n) is 5.08. The Labute approximate surface area is 155 Å². The zero-order chi connectivity index (χ0) is 19.1. The van der Waals surface area contributed by atoms with Gasteiger partial charge in [0.15, 0.2) is 5.82 Å². The van der Waals surface area contributed by atoms with Gasteiger partial charge in [0.25, 0.3) is 11.1 Å². The molecular formula is C18H21N7O2. The van der Waals surface area contributed by atoms with Crippen molar-refractivity contribution in [1.29, 1.82) is 0 Å². The molecule has 9 heteroatoms. The molecule has 3 aromatic rings. The Morgan fingerprint density at radius 3 is 2.22 bits per heavy atom. The molecule has 1 saturated heterocycles. The van der Waals surface area contributed by atoms with Gasteiger partial charge >= 0.3 is 0 Å². The molecule has 1 fully saturated rings. The van der Waals surface area contributed by atoms with E-state index in [9.17, 15) is 9.59 Å². The summed E-state index contributed by atoms with van der Waals surface area (Å²) >= 11 is 0. The van der Waals surface area contributed by atoms with Crippen LogP contribution in [0.2, 0.25) is 0 Å². The highest BCUT2D eigenvalue weighted by molar-refractivity contribution is 5.91. The smallest absolute Gasteiger partial charge is 0.274 e. The van der Waals surface area contributed by atoms with Crippen molar-refractivity contribution in [3.05, 3.63) is 50.9 Å². The van der Waals surface area contributed by atoms with E-state index in [1.807, 2.05) is 6.92 Å². The van der Waals surface area contributed by atoms with E-state index in [0.29, 0.717) is 48.7 Å². The molecule has 1 aliphatic heterocycles. The van der Waals surface area contributed by atoms with Crippen LogP contribution < -0.4 is 20.9 Å². The van der Waals surface area contributed by atoms with Crippen molar-refractivity contribution in [2.75, 3.05) is 36.0 Å². The fourth-order valence-electron chi connectivity index (χ4n) is 3.41. The normalized spacial score (nSPS) is 14.8. The van der Waals surface area contributed by atoms with Crippen LogP contribution in [-0.2, 0) is 14.1 Å². The molecule has 27 heavy (non-hydrogen) atoms. The largest absolute Gasteiger partial charge is 0.351 e. The average molecular weight is 367 g/mol. The molecule has 0 atom stereocenters. The molecule has 0 bridgehead atoms. The summed E-state index contributed by atoms with van der Waals surface area (Å²) in [6.45, 7) is 4.56. The van der Waals surface area contributed by atoms with E-state index in [-0.39, 0.29) is 11.1 Å². The lowest BCUT2D eigenvalue weighted by molar-refractivity contribution is 0.618. The SMILES string of the molecule is Cc1cc2c(=O)n(C)nc(N3CCN(c4ncccn4)CC3)c2c(=O)n1C. The number of hydrogen-bond donors (Lipinski definition) is 0. The minimum Gasteiger partial charge on any atom is -0.351 e. The summed E-state index contributed by atoms with van der Waals surface area (Å²) in [7, 11) is 3.33. The lowest BCUT2D eigenvalue weighted by Crippen LogP contribution is -2.48. The van der Waals surface area contributed by atoms with Crippen molar-refractivity contribution < 1.29 is 0 Å². The number of piperazine rings is 1. The number of anilines is 2. The van der Waals surface area contributed by atoms with Crippen molar-refractivity contribution in [2.45, 2.75) is 6.92 Å². The molecule has 4 rings (SSSR count). The van der Waals surface area contributed by atoms with Crippen LogP contribution in [0, 0.1) is 6.92 Å². The maximum Gasteiger partial charge on any atom is 0.274 e. The van der Waals surface area contributed by atoms with Crippen LogP contribution in [-0.4, -0.2) is 50.5 Å². The van der Waals surface area contributed by atoms with Gasteiger partial charge in [-0.2, -0.15) is 5.10 Å². The van der Waals surface area contributed by atoms with Crippen LogP contribution in [0.4, 0.5) is 11.8 Å². The molecule has 3 aromatic heterocycles. The van der Waals surface area contributed by atoms with Gasteiger partial charge in [-0.25, -0.2) is 14.6 Å². The Morgan fingerprint density at radius 1 is 0.926 bits per heavy atom. The predicted molar refractivity (Wildman–Crippen MR) is 103 cm³/mol. The summed E-state index contributed by atoms with van der Waals surface area (Å²) in [6, 6.07) is 3.55. The molecule has 0 N–H and O–H groups in total. The van der Waals surface area contributed by atoms with E-state index in [1.165, 1.54) is 4.68 Å². The van der Waals surface area contributed by atoms with E-state index in [0.717, 1.165) is 5.69 Å². The molecule has 0 aliphatic carbocycles. The minimum absolute atomic E-state index is 0.195. The molecule has 140 valence electrons. The molecule has 1 aliphatic rings. The molecule has 0 spiro atoms. The number of pyridine rings is 1. The first-order valence-electron chi connectivity index (χ1n) is 8.82. The van der Waals surface area contributed by atoms with Crippen molar-refractivity contribution in [1.82, 2.24) is 24.3 Å². The molecule has 0 amide bonds. The zero-order valence-electron chi connectivity index (χ0n) is 15.6. The average Bonchev–Trinajstić information content (AvgIpc) is 2.70. The molecule has 0 saturated carbocycles. The number of aryl methyl sites for hydroxylation is 2. The summed E-state index contributed by atoms with van der Waals surface area (Å²) in [5, 5.41) is 5.22. The molecule has 0 aromatic carbocycles. The summed E-state index contributed by atoms with van der Waals surface area (Å²) in [5.41, 5.74) is 0.290. The van der Waals surface area contributed by atoms with Gasteiger partial charge in [-0.3, -0.25) is 9.59 Å². The Morgan fingerprint density at radius 2 is 1.56 bits per heavy atom. The van der Waals surface area contributed by atoms with Crippen LogP contribution in [0.15, 0.2) is 34.1 Å². The van der Waals surface area contributed by atoms with Gasteiger partial charge in [0.05, 0.1) is 10.8 Å². The highest BCUT2D eigenvalue weighted by Gasteiger charge is 2.24. The van der Waals surface area contributed by atoms with E-state index in [1.54, 1.807) is 43.2 Å². The maximum absolute atomic E-state index is 12.9. The summed E-state index contributed by atoms with van der Waals surface area (Å²) in [5.74, 6) is 1.25. The van der Waals surface area contributed by atoms with Crippen LogP contribution in [0.25, 0.3) is 10.8 Å². The first-order valence-corrected chi connectivity index (χ1v) is 8.82. The second-order valence-electron chi connectivity index (χ2n) is 6.71. The molecule has 0 unspecified atom stereocenters. The molecule has 4 heterocycles. The Balaban J connectivity index is 1.75. The maximum atomic E-state index is 12.9. The quantitative estimate of drug-likeness (QED) is 0.633. The van der Waals surface area contributed by atoms with Crippen LogP contribution in [0.1, 0.15) is 5.69 Å². The summed E-state index contributed by atoms with van der Waals surface area (Å²) < 4.78 is 2.87. The number of rotatable bonds is 2. The topological polar surface area (TPSA) is 89.2 Å². The summed E-state index contributed by atoms with van der Waals surface area (Å²) in [4.78, 5) is 38.1. The van der Waals surface area contributed by atoms with Gasteiger partial charge in [0, 0.05) is 58.4 Å². The third-order valence-corrected chi connectivity index (χ3v) is 5.08.